The molecule has 21 heterocycles. The maximum Gasteiger partial charge on any atom is 0.340 e. The van der Waals surface area contributed by atoms with Crippen molar-refractivity contribution in [3.8, 4) is 85.5 Å². The van der Waals surface area contributed by atoms with Crippen molar-refractivity contribution < 1.29 is 57.4 Å². The highest BCUT2D eigenvalue weighted by Crippen LogP contribution is 2.42. The van der Waals surface area contributed by atoms with Crippen LogP contribution in [0.4, 0.5) is 0 Å². The van der Waals surface area contributed by atoms with E-state index >= 15 is 0 Å². The fourth-order valence-corrected chi connectivity index (χ4v) is 20.0. The van der Waals surface area contributed by atoms with Crippen LogP contribution in [0.15, 0.2) is 148 Å². The molecule has 0 aliphatic carbocycles. The second-order valence-electron chi connectivity index (χ2n) is 37.9. The molecule has 0 spiro atoms. The van der Waals surface area contributed by atoms with Crippen molar-refractivity contribution in [3.63, 3.8) is 0 Å². The first kappa shape index (κ1) is 105. The third kappa shape index (κ3) is 19.4. The van der Waals surface area contributed by atoms with E-state index in [-0.39, 0.29) is 41.5 Å². The van der Waals surface area contributed by atoms with Crippen molar-refractivity contribution in [2.45, 2.75) is 176 Å². The number of carbonyl (C=O) groups is 4. The Morgan fingerprint density at radius 1 is 0.393 bits per heavy atom. The maximum absolute atomic E-state index is 13.6. The number of aromatic carboxylic acids is 1. The first-order valence-corrected chi connectivity index (χ1v) is 49.8. The Morgan fingerprint density at radius 2 is 0.700 bits per heavy atom. The molecule has 20 aromatic rings. The van der Waals surface area contributed by atoms with E-state index in [1.807, 2.05) is 185 Å². The maximum atomic E-state index is 13.6. The number of H-pyrrole nitrogens is 1. The average Bonchev–Trinajstić information content (AvgIpc) is 1.57. The van der Waals surface area contributed by atoms with Crippen LogP contribution in [0.3, 0.4) is 0 Å². The van der Waals surface area contributed by atoms with Gasteiger partial charge < -0.3 is 60.8 Å². The minimum Gasteiger partial charge on any atom is -0.496 e. The number of amides is 1. The van der Waals surface area contributed by atoms with Crippen LogP contribution in [0.1, 0.15) is 225 Å². The number of pyridine rings is 8. The minimum atomic E-state index is -0.943. The number of ether oxygens (including phenoxy) is 7. The van der Waals surface area contributed by atoms with Gasteiger partial charge in [0.2, 0.25) is 0 Å². The number of nitrogens with one attached hydrogen (secondary N) is 1. The summed E-state index contributed by atoms with van der Waals surface area (Å²) in [5.41, 5.74) is 29.3. The van der Waals surface area contributed by atoms with Crippen molar-refractivity contribution >= 4 is 101 Å². The normalized spacial score (nSPS) is 12.1. The van der Waals surface area contributed by atoms with Crippen molar-refractivity contribution in [3.05, 3.63) is 266 Å². The van der Waals surface area contributed by atoms with Gasteiger partial charge in [0.25, 0.3) is 5.91 Å². The van der Waals surface area contributed by atoms with Gasteiger partial charge in [0.15, 0.2) is 17.5 Å². The van der Waals surface area contributed by atoms with E-state index in [1.54, 1.807) is 120 Å². The van der Waals surface area contributed by atoms with Crippen LogP contribution in [0.5, 0.6) is 23.0 Å². The quantitative estimate of drug-likeness (QED) is 0.0631. The summed E-state index contributed by atoms with van der Waals surface area (Å²) in [6.45, 7) is 46.5. The van der Waals surface area contributed by atoms with Gasteiger partial charge in [-0.3, -0.25) is 49.8 Å². The summed E-state index contributed by atoms with van der Waals surface area (Å²) in [5.74, 6) is 3.77. The fourth-order valence-electron chi connectivity index (χ4n) is 19.8. The Balaban J connectivity index is 0.000000131. The molecule has 37 nitrogen and oxygen atoms in total. The third-order valence-electron chi connectivity index (χ3n) is 27.2. The number of esters is 2. The van der Waals surface area contributed by atoms with Crippen LogP contribution in [-0.2, 0) is 14.2 Å². The number of halogens is 1. The van der Waals surface area contributed by atoms with Gasteiger partial charge in [0.1, 0.15) is 28.2 Å². The number of aromatic amines is 1. The Labute approximate surface area is 870 Å². The number of hydrogen-bond acceptors (Lipinski definition) is 27. The molecule has 20 aromatic heterocycles. The summed E-state index contributed by atoms with van der Waals surface area (Å²) in [6, 6.07) is 15.1. The van der Waals surface area contributed by atoms with E-state index in [4.69, 9.17) is 84.9 Å². The molecule has 0 unspecified atom stereocenters. The molecular weight excluding hydrogens is 1920 g/mol. The number of fused-ring (bicyclic) bond motifs is 8. The molecule has 0 atom stereocenters. The predicted octanol–water partition coefficient (Wildman–Crippen LogP) is 21.2. The topological polar surface area (TPSA) is 411 Å². The second kappa shape index (κ2) is 43.3. The van der Waals surface area contributed by atoms with E-state index in [2.05, 4.69) is 105 Å². The molecule has 1 saturated heterocycles. The summed E-state index contributed by atoms with van der Waals surface area (Å²) < 4.78 is 51.4. The Hall–Kier alpha value is -16.8. The van der Waals surface area contributed by atoms with E-state index < -0.39 is 5.97 Å². The van der Waals surface area contributed by atoms with Gasteiger partial charge in [-0.25, -0.2) is 48.4 Å². The van der Waals surface area contributed by atoms with E-state index in [9.17, 15) is 24.3 Å². The molecule has 38 heteroatoms. The third-order valence-corrected chi connectivity index (χ3v) is 27.4. The van der Waals surface area contributed by atoms with Crippen molar-refractivity contribution in [1.29, 1.82) is 0 Å². The van der Waals surface area contributed by atoms with Crippen LogP contribution in [0.25, 0.3) is 128 Å². The number of carboxylic acids is 1. The zero-order valence-electron chi connectivity index (χ0n) is 89.0. The average molecular weight is 2040 g/mol. The lowest BCUT2D eigenvalue weighted by molar-refractivity contribution is 0.0302. The first-order valence-electron chi connectivity index (χ1n) is 49.5. The van der Waals surface area contributed by atoms with E-state index in [1.165, 1.54) is 0 Å². The van der Waals surface area contributed by atoms with Crippen LogP contribution in [0.2, 0.25) is 5.15 Å². The highest BCUT2D eigenvalue weighted by molar-refractivity contribution is 6.29. The number of hydrogen-bond donors (Lipinski definition) is 2. The summed E-state index contributed by atoms with van der Waals surface area (Å²) in [5, 5.41) is 35.1. The first-order chi connectivity index (χ1) is 71.9. The smallest absolute Gasteiger partial charge is 0.340 e. The van der Waals surface area contributed by atoms with Gasteiger partial charge in [-0.15, -0.1) is 0 Å². The Kier molecular flexibility index (Phi) is 30.2. The van der Waals surface area contributed by atoms with Gasteiger partial charge in [-0.1, -0.05) is 67.0 Å². The van der Waals surface area contributed by atoms with Crippen molar-refractivity contribution in [2.24, 2.45) is 0 Å². The molecule has 1 aliphatic heterocycles. The van der Waals surface area contributed by atoms with Gasteiger partial charge in [-0.2, -0.15) is 20.4 Å². The SMILES string of the molecule is CCOC(=O)c1c(C)c2c(C(C)C)nc(-n3ncc4c(C)nc(-c5cnccc5OC)cc43)cn2c1C.CCOC(=O)c1c(C)c2c(C(C)C)nc(Cl)cn2c1C.COc1ccncc1-c1cc2[nH]ncc2c(C)n1.COc1ccncc1-c1cc2c(cnn2-c2cn3c(C)c(C(=O)N4CCOCC4)c(C)c3c(C(C)C)n2)c(C)n1.COc1ccncc1-c1cc2c(cnn2-c2cn3c(C)c(C(=O)O)c(C)c3c(C(C)C)n2)c(C)n1. The molecule has 1 aliphatic rings. The zero-order valence-corrected chi connectivity index (χ0v) is 89.7. The molecule has 0 radical (unpaired) electrons. The van der Waals surface area contributed by atoms with E-state index in [0.29, 0.717) is 113 Å². The lowest BCUT2D eigenvalue weighted by Gasteiger charge is -2.27. The second-order valence-corrected chi connectivity index (χ2v) is 38.2. The highest BCUT2D eigenvalue weighted by atomic mass is 35.5. The fraction of sp³-hybridized carbons (Fsp3) is 0.321. The molecule has 1 fully saturated rings. The number of rotatable bonds is 21. The molecule has 1 amide bonds. The summed E-state index contributed by atoms with van der Waals surface area (Å²) in [4.78, 5) is 108. The minimum absolute atomic E-state index is 0.0413. The van der Waals surface area contributed by atoms with E-state index in [0.717, 1.165) is 196 Å². The van der Waals surface area contributed by atoms with Gasteiger partial charge >= 0.3 is 17.9 Å². The summed E-state index contributed by atoms with van der Waals surface area (Å²) in [6.07, 6.45) is 28.4. The summed E-state index contributed by atoms with van der Waals surface area (Å²) >= 11 is 6.09. The highest BCUT2D eigenvalue weighted by Gasteiger charge is 2.33. The molecular formula is C112H120ClN25O12. The number of morpholine rings is 1. The molecule has 150 heavy (non-hydrogen) atoms. The standard InChI is InChI=1S/C30H33N7O3.C28H30N6O3.C26H26N6O3.C15H19ClN2O2.C13H12N4O/c1-17(2)28-29-18(3)27(30(38)35-9-11-40-12-10-35)20(5)36(29)16-26(34-28)37-24-13-23(33-19(4)21(24)15-32-37)22-14-31-8-7-25(22)39-6;1-8-37-28(35)25-16(4)27-26(15(2)3)32-24(14-33(27)18(25)6)34-22-11-21(31-17(5)19(22)13-30-34)20-12-29-10-9-23(20)36-7;1-13(2)24-25-14(3)23(26(33)34)16(5)31(25)12-22(30-24)32-20-9-19(29-15(4)17(20)11-28-32)18-10-27-8-7-21(18)35-6;1-6-20-15(19)12-9(4)14-13(8(2)3)17-11(16)7-18(14)10(12)5;1-8-9-7-15-17-12(9)5-11(16-8)10-6-14-4-3-13(10)18-2/h7-8,13-17H,9-12H2,1-6H3;9-15H,8H2,1-7H3;7-13H,1-6H3,(H,33,34);7-8H,6H2,1-5H3;3-7H,1-2H3,(H,15,17). The molecule has 772 valence electrons. The summed E-state index contributed by atoms with van der Waals surface area (Å²) in [7, 11) is 6.53. The Bertz CT molecular complexity index is 8670. The number of carbonyl (C=O) groups excluding carboxylic acids is 3. The number of nitrogens with zero attached hydrogens (tertiary/aromatic N) is 24. The lowest BCUT2D eigenvalue weighted by Crippen LogP contribution is -2.41. The number of carboxylic acid groups (broad SMARTS) is 1. The molecule has 0 bridgehead atoms. The number of methoxy groups -OCH3 is 4. The largest absolute Gasteiger partial charge is 0.496 e. The zero-order chi connectivity index (χ0) is 107. The predicted molar refractivity (Wildman–Crippen MR) is 575 cm³/mol. The molecule has 21 rings (SSSR count). The number of aromatic nitrogens is 24. The van der Waals surface area contributed by atoms with Crippen molar-refractivity contribution in [1.82, 2.24) is 122 Å². The van der Waals surface area contributed by atoms with Crippen LogP contribution >= 0.6 is 11.6 Å². The van der Waals surface area contributed by atoms with Crippen molar-refractivity contribution in [2.75, 3.05) is 68.0 Å². The van der Waals surface area contributed by atoms with Crippen LogP contribution in [-0.4, -0.2) is 219 Å². The number of aryl methyl sites for hydroxylation is 12. The Morgan fingerprint density at radius 3 is 1.03 bits per heavy atom. The van der Waals surface area contributed by atoms with Crippen LogP contribution < -0.4 is 18.9 Å². The van der Waals surface area contributed by atoms with Gasteiger partial charge in [-0.05, 0) is 191 Å². The van der Waals surface area contributed by atoms with Crippen LogP contribution in [0, 0.1) is 83.1 Å². The molecule has 2 N–H and O–H groups in total. The molecule has 0 aromatic carbocycles. The monoisotopic (exact) mass is 2040 g/mol. The van der Waals surface area contributed by atoms with Gasteiger partial charge in [0, 0.05) is 136 Å². The molecule has 0 saturated carbocycles. The lowest BCUT2D eigenvalue weighted by atomic mass is 10.0. The van der Waals surface area contributed by atoms with Gasteiger partial charge in [0.05, 0.1) is 232 Å².